The lowest BCUT2D eigenvalue weighted by Crippen LogP contribution is -2.54. The van der Waals surface area contributed by atoms with Crippen LogP contribution in [-0.2, 0) is 16.0 Å². The molecule has 1 fully saturated rings. The Labute approximate surface area is 167 Å². The minimum absolute atomic E-state index is 0.0572. The number of hydrogen-bond acceptors (Lipinski definition) is 3. The summed E-state index contributed by atoms with van der Waals surface area (Å²) in [5, 5.41) is 3.01. The molecule has 1 aliphatic rings. The van der Waals surface area contributed by atoms with Gasteiger partial charge in [-0.3, -0.25) is 14.6 Å². The number of nitrogens with zero attached hydrogens (tertiary/aromatic N) is 2. The molecule has 5 nitrogen and oxygen atoms in total. The molecule has 3 rings (SSSR count). The third kappa shape index (κ3) is 4.41. The van der Waals surface area contributed by atoms with E-state index in [0.717, 1.165) is 36.1 Å². The van der Waals surface area contributed by atoms with Gasteiger partial charge in [0, 0.05) is 38.4 Å². The Morgan fingerprint density at radius 1 is 1.07 bits per heavy atom. The van der Waals surface area contributed by atoms with Crippen molar-refractivity contribution in [3.05, 3.63) is 54.4 Å². The van der Waals surface area contributed by atoms with Gasteiger partial charge in [0.1, 0.15) is 0 Å². The van der Waals surface area contributed by atoms with E-state index in [0.29, 0.717) is 25.9 Å². The summed E-state index contributed by atoms with van der Waals surface area (Å²) in [6, 6.07) is 12.3. The van der Waals surface area contributed by atoms with Crippen LogP contribution >= 0.6 is 0 Å². The Morgan fingerprint density at radius 3 is 2.39 bits per heavy atom. The van der Waals surface area contributed by atoms with Crippen molar-refractivity contribution >= 4 is 11.8 Å². The second-order valence-corrected chi connectivity index (χ2v) is 7.52. The highest BCUT2D eigenvalue weighted by Gasteiger charge is 2.43. The van der Waals surface area contributed by atoms with Crippen molar-refractivity contribution in [1.29, 1.82) is 0 Å². The third-order valence-electron chi connectivity index (χ3n) is 5.56. The average molecular weight is 380 g/mol. The van der Waals surface area contributed by atoms with Crippen LogP contribution in [0, 0.1) is 5.41 Å². The molecular formula is C23H29N3O2. The largest absolute Gasteiger partial charge is 0.356 e. The Hall–Kier alpha value is -2.69. The number of nitrogens with one attached hydrogen (secondary N) is 1. The summed E-state index contributed by atoms with van der Waals surface area (Å²) in [7, 11) is 0. The number of aromatic nitrogens is 1. The lowest BCUT2D eigenvalue weighted by Gasteiger charge is -2.42. The maximum atomic E-state index is 13.0. The Bertz CT molecular complexity index is 804. The van der Waals surface area contributed by atoms with Crippen LogP contribution in [0.5, 0.6) is 0 Å². The molecular weight excluding hydrogens is 350 g/mol. The summed E-state index contributed by atoms with van der Waals surface area (Å²) in [5.74, 6) is 0.184. The van der Waals surface area contributed by atoms with E-state index in [9.17, 15) is 9.59 Å². The highest BCUT2D eigenvalue weighted by molar-refractivity contribution is 5.85. The predicted molar refractivity (Wildman–Crippen MR) is 111 cm³/mol. The molecule has 148 valence electrons. The zero-order valence-corrected chi connectivity index (χ0v) is 16.8. The molecule has 1 atom stereocenters. The summed E-state index contributed by atoms with van der Waals surface area (Å²) in [6.07, 6.45) is 6.36. The van der Waals surface area contributed by atoms with E-state index in [-0.39, 0.29) is 11.8 Å². The fraction of sp³-hybridized carbons (Fsp3) is 0.435. The molecule has 1 aromatic carbocycles. The van der Waals surface area contributed by atoms with Crippen LogP contribution in [0.2, 0.25) is 0 Å². The van der Waals surface area contributed by atoms with Crippen LogP contribution in [0.4, 0.5) is 0 Å². The number of piperidine rings is 1. The molecule has 1 N–H and O–H groups in total. The Morgan fingerprint density at radius 2 is 1.75 bits per heavy atom. The quantitative estimate of drug-likeness (QED) is 0.836. The smallest absolute Gasteiger partial charge is 0.228 e. The van der Waals surface area contributed by atoms with Crippen molar-refractivity contribution in [2.45, 2.75) is 39.5 Å². The second-order valence-electron chi connectivity index (χ2n) is 7.52. The molecule has 0 bridgehead atoms. The van der Waals surface area contributed by atoms with E-state index in [2.05, 4.69) is 34.6 Å². The van der Waals surface area contributed by atoms with Gasteiger partial charge in [0.05, 0.1) is 5.41 Å². The van der Waals surface area contributed by atoms with Crippen molar-refractivity contribution in [2.75, 3.05) is 19.6 Å². The first-order chi connectivity index (χ1) is 13.6. The van der Waals surface area contributed by atoms with Crippen molar-refractivity contribution in [3.8, 4) is 11.1 Å². The summed E-state index contributed by atoms with van der Waals surface area (Å²) in [4.78, 5) is 31.2. The van der Waals surface area contributed by atoms with E-state index in [1.807, 2.05) is 30.9 Å². The number of amides is 2. The molecule has 1 unspecified atom stereocenters. The molecule has 5 heteroatoms. The molecule has 0 spiro atoms. The molecule has 0 saturated carbocycles. The lowest BCUT2D eigenvalue weighted by atomic mass is 9.74. The summed E-state index contributed by atoms with van der Waals surface area (Å²) in [5.41, 5.74) is 2.81. The van der Waals surface area contributed by atoms with Crippen molar-refractivity contribution in [2.24, 2.45) is 5.41 Å². The molecule has 1 aromatic heterocycles. The van der Waals surface area contributed by atoms with Gasteiger partial charge in [0.25, 0.3) is 0 Å². The van der Waals surface area contributed by atoms with Crippen LogP contribution in [0.25, 0.3) is 11.1 Å². The number of carbonyl (C=O) groups excluding carboxylic acids is 2. The van der Waals surface area contributed by atoms with Crippen LogP contribution in [0.3, 0.4) is 0 Å². The van der Waals surface area contributed by atoms with E-state index < -0.39 is 5.41 Å². The zero-order chi connectivity index (χ0) is 20.0. The van der Waals surface area contributed by atoms with Gasteiger partial charge in [-0.1, -0.05) is 31.2 Å². The second kappa shape index (κ2) is 9.00. The minimum atomic E-state index is -0.558. The maximum Gasteiger partial charge on any atom is 0.228 e. The van der Waals surface area contributed by atoms with Crippen molar-refractivity contribution in [1.82, 2.24) is 15.2 Å². The SMILES string of the molecule is CCNC(=O)C1(Cc2ccc(-c3ccncc3)cc2)CCCN(C(=O)CC)C1. The molecule has 2 heterocycles. The number of carbonyl (C=O) groups is 2. The topological polar surface area (TPSA) is 62.3 Å². The van der Waals surface area contributed by atoms with E-state index in [4.69, 9.17) is 0 Å². The normalized spacial score (nSPS) is 19.3. The summed E-state index contributed by atoms with van der Waals surface area (Å²) < 4.78 is 0. The fourth-order valence-electron chi connectivity index (χ4n) is 4.08. The molecule has 1 aliphatic heterocycles. The maximum absolute atomic E-state index is 13.0. The number of pyridine rings is 1. The average Bonchev–Trinajstić information content (AvgIpc) is 2.74. The van der Waals surface area contributed by atoms with E-state index in [1.165, 1.54) is 0 Å². The third-order valence-corrected chi connectivity index (χ3v) is 5.56. The first-order valence-electron chi connectivity index (χ1n) is 10.1. The fourth-order valence-corrected chi connectivity index (χ4v) is 4.08. The van der Waals surface area contributed by atoms with Gasteiger partial charge in [-0.2, -0.15) is 0 Å². The van der Waals surface area contributed by atoms with Crippen molar-refractivity contribution in [3.63, 3.8) is 0 Å². The van der Waals surface area contributed by atoms with Gasteiger partial charge >= 0.3 is 0 Å². The van der Waals surface area contributed by atoms with Crippen LogP contribution in [0.1, 0.15) is 38.7 Å². The van der Waals surface area contributed by atoms with E-state index in [1.54, 1.807) is 12.4 Å². The first kappa shape index (κ1) is 20.1. The molecule has 28 heavy (non-hydrogen) atoms. The summed E-state index contributed by atoms with van der Waals surface area (Å²) in [6.45, 7) is 5.66. The molecule has 1 saturated heterocycles. The molecule has 0 aliphatic carbocycles. The number of benzene rings is 1. The standard InChI is InChI=1S/C23H29N3O2/c1-3-21(27)26-15-5-12-23(17-26,22(28)25-4-2)16-18-6-8-19(9-7-18)20-10-13-24-14-11-20/h6-11,13-14H,3-5,12,15-17H2,1-2H3,(H,25,28). The van der Waals surface area contributed by atoms with Gasteiger partial charge < -0.3 is 10.2 Å². The lowest BCUT2D eigenvalue weighted by molar-refractivity contribution is -0.141. The summed E-state index contributed by atoms with van der Waals surface area (Å²) >= 11 is 0. The zero-order valence-electron chi connectivity index (χ0n) is 16.8. The monoisotopic (exact) mass is 379 g/mol. The van der Waals surface area contributed by atoms with Gasteiger partial charge in [0.2, 0.25) is 11.8 Å². The van der Waals surface area contributed by atoms with Gasteiger partial charge in [-0.05, 0) is 55.0 Å². The first-order valence-corrected chi connectivity index (χ1v) is 10.1. The molecule has 2 amide bonds. The Balaban J connectivity index is 1.83. The highest BCUT2D eigenvalue weighted by atomic mass is 16.2. The predicted octanol–water partition coefficient (Wildman–Crippen LogP) is 3.45. The molecule has 0 radical (unpaired) electrons. The number of likely N-dealkylation sites (tertiary alicyclic amines) is 1. The minimum Gasteiger partial charge on any atom is -0.356 e. The van der Waals surface area contributed by atoms with Crippen molar-refractivity contribution < 1.29 is 9.59 Å². The van der Waals surface area contributed by atoms with Crippen LogP contribution in [0.15, 0.2) is 48.8 Å². The highest BCUT2D eigenvalue weighted by Crippen LogP contribution is 2.35. The number of hydrogen-bond donors (Lipinski definition) is 1. The van der Waals surface area contributed by atoms with Gasteiger partial charge in [-0.15, -0.1) is 0 Å². The van der Waals surface area contributed by atoms with E-state index >= 15 is 0 Å². The van der Waals surface area contributed by atoms with Crippen LogP contribution < -0.4 is 5.32 Å². The van der Waals surface area contributed by atoms with Gasteiger partial charge in [-0.25, -0.2) is 0 Å². The van der Waals surface area contributed by atoms with Crippen LogP contribution in [-0.4, -0.2) is 41.3 Å². The number of rotatable bonds is 6. The molecule has 2 aromatic rings. The Kier molecular flexibility index (Phi) is 6.45. The van der Waals surface area contributed by atoms with Gasteiger partial charge in [0.15, 0.2) is 0 Å².